The largest absolute Gasteiger partial charge is 0.480 e. The molecule has 1 aromatic carbocycles. The molecule has 0 saturated heterocycles. The van der Waals surface area contributed by atoms with E-state index in [0.717, 1.165) is 0 Å². The number of carbonyl (C=O) groups excluding carboxylic acids is 2. The van der Waals surface area contributed by atoms with Crippen LogP contribution in [0.3, 0.4) is 0 Å². The first-order valence-corrected chi connectivity index (χ1v) is 5.36. The third-order valence-electron chi connectivity index (χ3n) is 2.13. The average molecular weight is 271 g/mol. The second kappa shape index (κ2) is 6.02. The molecule has 0 aliphatic carbocycles. The molecule has 0 unspecified atom stereocenters. The van der Waals surface area contributed by atoms with E-state index in [4.69, 9.17) is 22.4 Å². The number of carboxylic acids is 1. The van der Waals surface area contributed by atoms with Crippen molar-refractivity contribution in [2.45, 2.75) is 12.5 Å². The van der Waals surface area contributed by atoms with Gasteiger partial charge in [-0.3, -0.25) is 9.59 Å². The molecule has 1 aromatic rings. The highest BCUT2D eigenvalue weighted by atomic mass is 35.5. The SMILES string of the molecule is NC(=O)C[C@H](NC(=O)c1ccccc1Cl)C(=O)O. The van der Waals surface area contributed by atoms with Crippen LogP contribution in [-0.2, 0) is 9.59 Å². The van der Waals surface area contributed by atoms with Gasteiger partial charge in [-0.25, -0.2) is 4.79 Å². The van der Waals surface area contributed by atoms with E-state index in [2.05, 4.69) is 5.32 Å². The van der Waals surface area contributed by atoms with Crippen LogP contribution < -0.4 is 11.1 Å². The molecule has 0 aromatic heterocycles. The molecule has 96 valence electrons. The molecule has 0 spiro atoms. The lowest BCUT2D eigenvalue weighted by Crippen LogP contribution is -2.43. The minimum absolute atomic E-state index is 0.134. The molecular formula is C11H11ClN2O4. The van der Waals surface area contributed by atoms with Gasteiger partial charge in [0.1, 0.15) is 6.04 Å². The fourth-order valence-electron chi connectivity index (χ4n) is 1.28. The second-order valence-electron chi connectivity index (χ2n) is 3.51. The third kappa shape index (κ3) is 3.74. The Morgan fingerprint density at radius 2 is 1.94 bits per heavy atom. The summed E-state index contributed by atoms with van der Waals surface area (Å²) in [6, 6.07) is 4.80. The highest BCUT2D eigenvalue weighted by molar-refractivity contribution is 6.33. The summed E-state index contributed by atoms with van der Waals surface area (Å²) >= 11 is 5.79. The molecule has 1 atom stereocenters. The molecule has 0 fully saturated rings. The van der Waals surface area contributed by atoms with Crippen molar-refractivity contribution in [3.63, 3.8) is 0 Å². The van der Waals surface area contributed by atoms with Gasteiger partial charge in [0.05, 0.1) is 17.0 Å². The molecule has 4 N–H and O–H groups in total. The molecule has 18 heavy (non-hydrogen) atoms. The number of nitrogens with two attached hydrogens (primary N) is 1. The highest BCUT2D eigenvalue weighted by Crippen LogP contribution is 2.14. The number of halogens is 1. The zero-order valence-electron chi connectivity index (χ0n) is 9.22. The van der Waals surface area contributed by atoms with E-state index in [1.807, 2.05) is 0 Å². The van der Waals surface area contributed by atoms with Gasteiger partial charge >= 0.3 is 5.97 Å². The summed E-state index contributed by atoms with van der Waals surface area (Å²) in [6.45, 7) is 0. The number of carbonyl (C=O) groups is 3. The van der Waals surface area contributed by atoms with Crippen molar-refractivity contribution in [2.24, 2.45) is 5.73 Å². The number of hydrogen-bond acceptors (Lipinski definition) is 3. The minimum Gasteiger partial charge on any atom is -0.480 e. The van der Waals surface area contributed by atoms with Crippen LogP contribution in [0.25, 0.3) is 0 Å². The number of primary amides is 1. The summed E-state index contributed by atoms with van der Waals surface area (Å²) in [4.78, 5) is 33.3. The van der Waals surface area contributed by atoms with E-state index in [1.165, 1.54) is 12.1 Å². The highest BCUT2D eigenvalue weighted by Gasteiger charge is 2.23. The molecule has 0 heterocycles. The molecule has 0 bridgehead atoms. The molecular weight excluding hydrogens is 260 g/mol. The van der Waals surface area contributed by atoms with Crippen LogP contribution in [0.1, 0.15) is 16.8 Å². The first-order chi connectivity index (χ1) is 8.41. The van der Waals surface area contributed by atoms with Crippen LogP contribution in [0.2, 0.25) is 5.02 Å². The van der Waals surface area contributed by atoms with Gasteiger partial charge < -0.3 is 16.2 Å². The maximum Gasteiger partial charge on any atom is 0.326 e. The Morgan fingerprint density at radius 3 is 2.44 bits per heavy atom. The summed E-state index contributed by atoms with van der Waals surface area (Å²) in [5, 5.41) is 11.2. The molecule has 2 amide bonds. The molecule has 0 saturated carbocycles. The van der Waals surface area contributed by atoms with Crippen LogP contribution in [0.5, 0.6) is 0 Å². The van der Waals surface area contributed by atoms with Gasteiger partial charge in [-0.15, -0.1) is 0 Å². The van der Waals surface area contributed by atoms with Gasteiger partial charge in [0.25, 0.3) is 5.91 Å². The Kier molecular flexibility index (Phi) is 4.67. The Balaban J connectivity index is 2.82. The summed E-state index contributed by atoms with van der Waals surface area (Å²) in [5.41, 5.74) is 5.03. The first-order valence-electron chi connectivity index (χ1n) is 4.98. The Labute approximate surface area is 108 Å². The van der Waals surface area contributed by atoms with E-state index in [1.54, 1.807) is 12.1 Å². The number of rotatable bonds is 5. The number of hydrogen-bond donors (Lipinski definition) is 3. The van der Waals surface area contributed by atoms with E-state index in [9.17, 15) is 14.4 Å². The van der Waals surface area contributed by atoms with Gasteiger partial charge in [0.15, 0.2) is 0 Å². The summed E-state index contributed by atoms with van der Waals surface area (Å²) in [5.74, 6) is -2.83. The van der Waals surface area contributed by atoms with Crippen molar-refractivity contribution in [3.8, 4) is 0 Å². The van der Waals surface area contributed by atoms with E-state index >= 15 is 0 Å². The topological polar surface area (TPSA) is 109 Å². The second-order valence-corrected chi connectivity index (χ2v) is 3.92. The first kappa shape index (κ1) is 14.0. The third-order valence-corrected chi connectivity index (χ3v) is 2.46. The van der Waals surface area contributed by atoms with Crippen LogP contribution in [-0.4, -0.2) is 28.9 Å². The summed E-state index contributed by atoms with van der Waals surface area (Å²) in [7, 11) is 0. The zero-order chi connectivity index (χ0) is 13.7. The van der Waals surface area contributed by atoms with Crippen LogP contribution in [0.4, 0.5) is 0 Å². The Morgan fingerprint density at radius 1 is 1.33 bits per heavy atom. The Bertz CT molecular complexity index is 490. The zero-order valence-corrected chi connectivity index (χ0v) is 9.98. The smallest absolute Gasteiger partial charge is 0.326 e. The monoisotopic (exact) mass is 270 g/mol. The molecule has 0 aliphatic rings. The maximum absolute atomic E-state index is 11.8. The number of nitrogens with one attached hydrogen (secondary N) is 1. The van der Waals surface area contributed by atoms with Crippen molar-refractivity contribution < 1.29 is 19.5 Å². The van der Waals surface area contributed by atoms with Crippen molar-refractivity contribution >= 4 is 29.4 Å². The molecule has 0 radical (unpaired) electrons. The lowest BCUT2D eigenvalue weighted by molar-refractivity contribution is -0.140. The number of benzene rings is 1. The summed E-state index contributed by atoms with van der Waals surface area (Å²) < 4.78 is 0. The van der Waals surface area contributed by atoms with Crippen LogP contribution in [0, 0.1) is 0 Å². The van der Waals surface area contributed by atoms with Gasteiger partial charge in [0, 0.05) is 0 Å². The molecule has 0 aliphatic heterocycles. The van der Waals surface area contributed by atoms with E-state index < -0.39 is 30.2 Å². The van der Waals surface area contributed by atoms with Gasteiger partial charge in [0.2, 0.25) is 5.91 Å². The van der Waals surface area contributed by atoms with Crippen molar-refractivity contribution in [1.29, 1.82) is 0 Å². The molecule has 7 heteroatoms. The van der Waals surface area contributed by atoms with Gasteiger partial charge in [-0.2, -0.15) is 0 Å². The van der Waals surface area contributed by atoms with E-state index in [-0.39, 0.29) is 10.6 Å². The predicted octanol–water partition coefficient (Wildman–Crippen LogP) is 0.398. The van der Waals surface area contributed by atoms with Crippen molar-refractivity contribution in [1.82, 2.24) is 5.32 Å². The number of amides is 2. The maximum atomic E-state index is 11.8. The lowest BCUT2D eigenvalue weighted by atomic mass is 10.1. The molecule has 6 nitrogen and oxygen atoms in total. The van der Waals surface area contributed by atoms with Crippen molar-refractivity contribution in [3.05, 3.63) is 34.9 Å². The van der Waals surface area contributed by atoms with Crippen LogP contribution in [0.15, 0.2) is 24.3 Å². The number of carboxylic acid groups (broad SMARTS) is 1. The standard InChI is InChI=1S/C11H11ClN2O4/c12-7-4-2-1-3-6(7)10(16)14-8(11(17)18)5-9(13)15/h1-4,8H,5H2,(H2,13,15)(H,14,16)(H,17,18)/t8-/m0/s1. The van der Waals surface area contributed by atoms with Crippen LogP contribution >= 0.6 is 11.6 Å². The lowest BCUT2D eigenvalue weighted by Gasteiger charge is -2.13. The predicted molar refractivity (Wildman–Crippen MR) is 64.2 cm³/mol. The van der Waals surface area contributed by atoms with Gasteiger partial charge in [-0.1, -0.05) is 23.7 Å². The normalized spacial score (nSPS) is 11.6. The molecule has 1 rings (SSSR count). The number of aliphatic carboxylic acids is 1. The Hall–Kier alpha value is -2.08. The average Bonchev–Trinajstić information content (AvgIpc) is 2.27. The minimum atomic E-state index is -1.37. The summed E-state index contributed by atoms with van der Waals surface area (Å²) in [6.07, 6.45) is -0.481. The fraction of sp³-hybridized carbons (Fsp3) is 0.182. The fourth-order valence-corrected chi connectivity index (χ4v) is 1.50. The quantitative estimate of drug-likeness (QED) is 0.719. The van der Waals surface area contributed by atoms with Gasteiger partial charge in [-0.05, 0) is 12.1 Å². The van der Waals surface area contributed by atoms with Crippen molar-refractivity contribution in [2.75, 3.05) is 0 Å². The van der Waals surface area contributed by atoms with E-state index in [0.29, 0.717) is 0 Å².